The Morgan fingerprint density at radius 3 is 2.60 bits per heavy atom. The minimum Gasteiger partial charge on any atom is -0.383 e. The molecule has 0 radical (unpaired) electrons. The molecule has 6 heteroatoms. The Labute approximate surface area is 145 Å². The lowest BCUT2D eigenvalue weighted by Crippen LogP contribution is -2.02. The minimum absolute atomic E-state index is 0.193. The molecule has 4 rings (SSSR count). The third-order valence-electron chi connectivity index (χ3n) is 4.50. The predicted octanol–water partition coefficient (Wildman–Crippen LogP) is 3.32. The Morgan fingerprint density at radius 2 is 1.88 bits per heavy atom. The quantitative estimate of drug-likeness (QED) is 0.600. The van der Waals surface area contributed by atoms with Gasteiger partial charge in [-0.25, -0.2) is 4.98 Å². The van der Waals surface area contributed by atoms with Gasteiger partial charge in [0.1, 0.15) is 5.82 Å². The second-order valence-electron chi connectivity index (χ2n) is 6.54. The molecule has 0 aliphatic carbocycles. The van der Waals surface area contributed by atoms with Crippen molar-refractivity contribution in [2.75, 3.05) is 11.5 Å². The number of hydrogen-bond acceptors (Lipinski definition) is 5. The SMILES string of the molecule is CC(C)c1ccc(Cn2ccc3c4c(N)nc(N)nc4ccc32)nc1. The zero-order valence-electron chi connectivity index (χ0n) is 14.3. The number of aromatic nitrogens is 4. The number of rotatable bonds is 3. The molecule has 0 bridgehead atoms. The van der Waals surface area contributed by atoms with Gasteiger partial charge >= 0.3 is 0 Å². The molecule has 25 heavy (non-hydrogen) atoms. The molecule has 1 aromatic carbocycles. The monoisotopic (exact) mass is 332 g/mol. The van der Waals surface area contributed by atoms with Crippen LogP contribution >= 0.6 is 0 Å². The molecule has 4 aromatic rings. The van der Waals surface area contributed by atoms with Crippen LogP contribution in [0.4, 0.5) is 11.8 Å². The van der Waals surface area contributed by atoms with Gasteiger partial charge in [0.2, 0.25) is 5.95 Å². The fraction of sp³-hybridized carbons (Fsp3) is 0.211. The Hall–Kier alpha value is -3.15. The van der Waals surface area contributed by atoms with Crippen LogP contribution in [0.15, 0.2) is 42.7 Å². The molecule has 0 saturated carbocycles. The molecular formula is C19H20N6. The Kier molecular flexibility index (Phi) is 3.53. The Balaban J connectivity index is 1.77. The number of hydrogen-bond donors (Lipinski definition) is 2. The molecule has 0 aliphatic rings. The lowest BCUT2D eigenvalue weighted by molar-refractivity contribution is 0.795. The van der Waals surface area contributed by atoms with Crippen LogP contribution in [0.1, 0.15) is 31.0 Å². The van der Waals surface area contributed by atoms with E-state index in [2.05, 4.69) is 45.5 Å². The summed E-state index contributed by atoms with van der Waals surface area (Å²) in [6.07, 6.45) is 3.99. The maximum atomic E-state index is 6.08. The maximum Gasteiger partial charge on any atom is 0.222 e. The van der Waals surface area contributed by atoms with Crippen LogP contribution in [0.2, 0.25) is 0 Å². The number of anilines is 2. The third kappa shape index (κ3) is 2.65. The van der Waals surface area contributed by atoms with Gasteiger partial charge in [0.15, 0.2) is 0 Å². The van der Waals surface area contributed by atoms with Crippen LogP contribution in [-0.4, -0.2) is 19.5 Å². The fourth-order valence-corrected chi connectivity index (χ4v) is 3.13. The van der Waals surface area contributed by atoms with Gasteiger partial charge in [-0.15, -0.1) is 0 Å². The lowest BCUT2D eigenvalue weighted by atomic mass is 10.1. The summed E-state index contributed by atoms with van der Waals surface area (Å²) >= 11 is 0. The smallest absolute Gasteiger partial charge is 0.222 e. The molecule has 6 nitrogen and oxygen atoms in total. The molecule has 0 amide bonds. The highest BCUT2D eigenvalue weighted by atomic mass is 15.0. The predicted molar refractivity (Wildman–Crippen MR) is 101 cm³/mol. The van der Waals surface area contributed by atoms with Crippen molar-refractivity contribution in [3.05, 3.63) is 54.0 Å². The van der Waals surface area contributed by atoms with Crippen molar-refractivity contribution in [3.8, 4) is 0 Å². The number of fused-ring (bicyclic) bond motifs is 3. The highest BCUT2D eigenvalue weighted by Crippen LogP contribution is 2.29. The van der Waals surface area contributed by atoms with Crippen LogP contribution in [0.5, 0.6) is 0 Å². The van der Waals surface area contributed by atoms with E-state index in [0.29, 0.717) is 18.3 Å². The van der Waals surface area contributed by atoms with E-state index in [-0.39, 0.29) is 5.95 Å². The minimum atomic E-state index is 0.193. The first-order valence-electron chi connectivity index (χ1n) is 8.28. The summed E-state index contributed by atoms with van der Waals surface area (Å²) in [5, 5.41) is 1.86. The van der Waals surface area contributed by atoms with Gasteiger partial charge in [-0.2, -0.15) is 4.98 Å². The molecule has 4 N–H and O–H groups in total. The number of benzene rings is 1. The van der Waals surface area contributed by atoms with Gasteiger partial charge in [-0.1, -0.05) is 19.9 Å². The molecule has 0 saturated heterocycles. The van der Waals surface area contributed by atoms with E-state index in [4.69, 9.17) is 11.5 Å². The molecule has 0 unspecified atom stereocenters. The number of nitrogen functional groups attached to an aromatic ring is 2. The number of nitrogens with two attached hydrogens (primary N) is 2. The fourth-order valence-electron chi connectivity index (χ4n) is 3.13. The van der Waals surface area contributed by atoms with Crippen molar-refractivity contribution < 1.29 is 0 Å². The lowest BCUT2D eigenvalue weighted by Gasteiger charge is -2.09. The summed E-state index contributed by atoms with van der Waals surface area (Å²) in [6, 6.07) is 10.2. The second-order valence-corrected chi connectivity index (χ2v) is 6.54. The van der Waals surface area contributed by atoms with Gasteiger partial charge in [-0.05, 0) is 35.7 Å². The van der Waals surface area contributed by atoms with Crippen LogP contribution in [-0.2, 0) is 6.54 Å². The summed E-state index contributed by atoms with van der Waals surface area (Å²) in [5.41, 5.74) is 15.9. The Bertz CT molecular complexity index is 1060. The largest absolute Gasteiger partial charge is 0.383 e. The first kappa shape index (κ1) is 15.4. The summed E-state index contributed by atoms with van der Waals surface area (Å²) in [6.45, 7) is 5.03. The standard InChI is InChI=1S/C19H20N6/c1-11(2)12-3-4-13(22-9-12)10-25-8-7-14-16(25)6-5-15-17(14)18(20)24-19(21)23-15/h3-9,11H,10H2,1-2H3,(H4,20,21,23,24). The van der Waals surface area contributed by atoms with E-state index in [0.717, 1.165) is 27.5 Å². The van der Waals surface area contributed by atoms with Crippen molar-refractivity contribution in [2.24, 2.45) is 0 Å². The molecule has 0 aliphatic heterocycles. The first-order chi connectivity index (χ1) is 12.0. The molecule has 3 aromatic heterocycles. The molecule has 0 atom stereocenters. The van der Waals surface area contributed by atoms with Crippen molar-refractivity contribution in [1.82, 2.24) is 19.5 Å². The van der Waals surface area contributed by atoms with Crippen LogP contribution < -0.4 is 11.5 Å². The van der Waals surface area contributed by atoms with Crippen LogP contribution in [0, 0.1) is 0 Å². The van der Waals surface area contributed by atoms with Gasteiger partial charge in [-0.3, -0.25) is 4.98 Å². The summed E-state index contributed by atoms with van der Waals surface area (Å²) in [4.78, 5) is 13.0. The molecule has 3 heterocycles. The van der Waals surface area contributed by atoms with Gasteiger partial charge in [0.05, 0.1) is 23.1 Å². The van der Waals surface area contributed by atoms with Crippen LogP contribution in [0.3, 0.4) is 0 Å². The average molecular weight is 332 g/mol. The van der Waals surface area contributed by atoms with Crippen molar-refractivity contribution in [3.63, 3.8) is 0 Å². The van der Waals surface area contributed by atoms with Gasteiger partial charge in [0.25, 0.3) is 0 Å². The maximum absolute atomic E-state index is 6.08. The third-order valence-corrected chi connectivity index (χ3v) is 4.50. The number of nitrogens with zero attached hydrogens (tertiary/aromatic N) is 4. The van der Waals surface area contributed by atoms with E-state index >= 15 is 0 Å². The first-order valence-corrected chi connectivity index (χ1v) is 8.28. The summed E-state index contributed by atoms with van der Waals surface area (Å²) in [7, 11) is 0. The highest BCUT2D eigenvalue weighted by Gasteiger charge is 2.11. The van der Waals surface area contributed by atoms with Gasteiger partial charge < -0.3 is 16.0 Å². The normalized spacial score (nSPS) is 11.6. The summed E-state index contributed by atoms with van der Waals surface area (Å²) in [5.74, 6) is 1.08. The molecule has 0 spiro atoms. The molecular weight excluding hydrogens is 312 g/mol. The van der Waals surface area contributed by atoms with E-state index in [1.165, 1.54) is 5.56 Å². The van der Waals surface area contributed by atoms with E-state index < -0.39 is 0 Å². The van der Waals surface area contributed by atoms with E-state index in [9.17, 15) is 0 Å². The van der Waals surface area contributed by atoms with Crippen molar-refractivity contribution in [1.29, 1.82) is 0 Å². The second kappa shape index (κ2) is 5.73. The Morgan fingerprint density at radius 1 is 1.04 bits per heavy atom. The zero-order valence-corrected chi connectivity index (χ0v) is 14.3. The molecule has 126 valence electrons. The van der Waals surface area contributed by atoms with E-state index in [1.54, 1.807) is 0 Å². The van der Waals surface area contributed by atoms with Crippen molar-refractivity contribution >= 4 is 33.6 Å². The van der Waals surface area contributed by atoms with E-state index in [1.807, 2.05) is 30.6 Å². The van der Waals surface area contributed by atoms with Crippen molar-refractivity contribution in [2.45, 2.75) is 26.3 Å². The highest BCUT2D eigenvalue weighted by molar-refractivity contribution is 6.10. The average Bonchev–Trinajstić information content (AvgIpc) is 2.97. The number of pyridine rings is 1. The molecule has 0 fully saturated rings. The van der Waals surface area contributed by atoms with Gasteiger partial charge in [0, 0.05) is 23.3 Å². The topological polar surface area (TPSA) is 95.6 Å². The zero-order chi connectivity index (χ0) is 17.6. The van der Waals surface area contributed by atoms with Crippen LogP contribution in [0.25, 0.3) is 21.8 Å². The summed E-state index contributed by atoms with van der Waals surface area (Å²) < 4.78 is 2.15.